The number of rotatable bonds is 11. The van der Waals surface area contributed by atoms with E-state index in [0.29, 0.717) is 42.0 Å². The minimum absolute atomic E-state index is 0.0630. The second-order valence-electron chi connectivity index (χ2n) is 9.75. The molecule has 1 atom stereocenters. The molecule has 0 aliphatic carbocycles. The number of hydrogen-bond donors (Lipinski definition) is 3. The zero-order valence-electron chi connectivity index (χ0n) is 24.7. The molecule has 4 rings (SSSR count). The van der Waals surface area contributed by atoms with E-state index < -0.39 is 12.1 Å². The molecule has 1 saturated heterocycles. The van der Waals surface area contributed by atoms with Crippen LogP contribution in [0.3, 0.4) is 0 Å². The summed E-state index contributed by atoms with van der Waals surface area (Å²) in [6, 6.07) is 15.8. The van der Waals surface area contributed by atoms with Gasteiger partial charge in [-0.1, -0.05) is 30.3 Å². The van der Waals surface area contributed by atoms with E-state index in [-0.39, 0.29) is 11.8 Å². The third-order valence-electron chi connectivity index (χ3n) is 6.70. The SMILES string of the molecule is COc1cc(Nc2nccc(N3CCC[C@H](C(=O)NCCCc4ccccc4)C3)n2)cc(OC)c1OC.O=C(O)C(F)(F)F. The molecule has 14 heteroatoms. The largest absolute Gasteiger partial charge is 0.493 e. The van der Waals surface area contributed by atoms with E-state index in [1.165, 1.54) is 5.56 Å². The van der Waals surface area contributed by atoms with Gasteiger partial charge in [-0.25, -0.2) is 9.78 Å². The number of carboxylic acids is 1. The van der Waals surface area contributed by atoms with Gasteiger partial charge in [0, 0.05) is 43.7 Å². The standard InChI is InChI=1S/C28H35N5O4.C2HF3O2/c1-35-23-17-22(18-24(36-2)26(23)37-3)31-28-30-15-13-25(32-28)33-16-8-12-21(19-33)27(34)29-14-7-11-20-9-5-4-6-10-20;3-2(4,5)1(6)7/h4-6,9-10,13,15,17-18,21H,7-8,11-12,14,16,19H2,1-3H3,(H,29,34)(H,30,31,32);(H,6,7)/t21-;/m0./s1. The number of carbonyl (C=O) groups is 2. The summed E-state index contributed by atoms with van der Waals surface area (Å²) in [5, 5.41) is 13.5. The number of nitrogens with one attached hydrogen (secondary N) is 2. The quantitative estimate of drug-likeness (QED) is 0.256. The Morgan fingerprint density at radius 1 is 1.05 bits per heavy atom. The molecule has 1 aromatic heterocycles. The van der Waals surface area contributed by atoms with Gasteiger partial charge >= 0.3 is 12.1 Å². The van der Waals surface area contributed by atoms with Crippen molar-refractivity contribution in [3.8, 4) is 17.2 Å². The number of methoxy groups -OCH3 is 3. The van der Waals surface area contributed by atoms with Crippen molar-refractivity contribution in [3.63, 3.8) is 0 Å². The Hall–Kier alpha value is -4.75. The molecule has 0 spiro atoms. The van der Waals surface area contributed by atoms with Crippen molar-refractivity contribution in [3.05, 3.63) is 60.3 Å². The minimum Gasteiger partial charge on any atom is -0.493 e. The molecule has 238 valence electrons. The maximum absolute atomic E-state index is 12.9. The highest BCUT2D eigenvalue weighted by molar-refractivity contribution is 5.79. The lowest BCUT2D eigenvalue weighted by Gasteiger charge is -2.33. The fourth-order valence-electron chi connectivity index (χ4n) is 4.56. The van der Waals surface area contributed by atoms with Crippen LogP contribution < -0.4 is 29.7 Å². The normalized spacial score (nSPS) is 14.5. The van der Waals surface area contributed by atoms with Crippen molar-refractivity contribution in [2.24, 2.45) is 5.92 Å². The Morgan fingerprint density at radius 3 is 2.30 bits per heavy atom. The molecule has 3 aromatic rings. The Morgan fingerprint density at radius 2 is 1.70 bits per heavy atom. The summed E-state index contributed by atoms with van der Waals surface area (Å²) in [6.07, 6.45) is 0.328. The smallest absolute Gasteiger partial charge is 0.490 e. The number of halogens is 3. The number of carboxylic acid groups (broad SMARTS) is 1. The predicted molar refractivity (Wildman–Crippen MR) is 158 cm³/mol. The highest BCUT2D eigenvalue weighted by Gasteiger charge is 2.38. The van der Waals surface area contributed by atoms with E-state index >= 15 is 0 Å². The number of aliphatic carboxylic acids is 1. The summed E-state index contributed by atoms with van der Waals surface area (Å²) in [5.74, 6) is 0.110. The Kier molecular flexibility index (Phi) is 12.4. The first-order chi connectivity index (χ1) is 21.0. The van der Waals surface area contributed by atoms with Crippen LogP contribution in [0.15, 0.2) is 54.7 Å². The Labute approximate surface area is 253 Å². The summed E-state index contributed by atoms with van der Waals surface area (Å²) in [4.78, 5) is 33.0. The summed E-state index contributed by atoms with van der Waals surface area (Å²) < 4.78 is 48.0. The third kappa shape index (κ3) is 9.92. The number of aryl methyl sites for hydroxylation is 1. The number of amides is 1. The Bertz CT molecular complexity index is 1350. The van der Waals surface area contributed by atoms with Gasteiger partial charge in [-0.3, -0.25) is 4.79 Å². The van der Waals surface area contributed by atoms with Crippen LogP contribution in [0.2, 0.25) is 0 Å². The predicted octanol–water partition coefficient (Wildman–Crippen LogP) is 4.84. The first kappa shape index (κ1) is 33.7. The molecule has 1 amide bonds. The number of ether oxygens (including phenoxy) is 3. The lowest BCUT2D eigenvalue weighted by atomic mass is 9.97. The van der Waals surface area contributed by atoms with Crippen molar-refractivity contribution in [2.75, 3.05) is 51.2 Å². The number of anilines is 3. The van der Waals surface area contributed by atoms with E-state index in [1.54, 1.807) is 39.7 Å². The fraction of sp³-hybridized carbons (Fsp3) is 0.400. The zero-order chi connectivity index (χ0) is 32.1. The highest BCUT2D eigenvalue weighted by atomic mass is 19.4. The van der Waals surface area contributed by atoms with Crippen molar-refractivity contribution < 1.29 is 42.1 Å². The molecule has 11 nitrogen and oxygen atoms in total. The van der Waals surface area contributed by atoms with E-state index in [1.807, 2.05) is 24.3 Å². The van der Waals surface area contributed by atoms with Gasteiger partial charge in [0.25, 0.3) is 0 Å². The summed E-state index contributed by atoms with van der Waals surface area (Å²) in [5.41, 5.74) is 2.00. The first-order valence-electron chi connectivity index (χ1n) is 13.8. The number of hydrogen-bond acceptors (Lipinski definition) is 9. The maximum atomic E-state index is 12.9. The zero-order valence-corrected chi connectivity index (χ0v) is 24.7. The van der Waals surface area contributed by atoms with Crippen molar-refractivity contribution in [2.45, 2.75) is 31.9 Å². The van der Waals surface area contributed by atoms with E-state index in [2.05, 4.69) is 32.7 Å². The number of aromatic nitrogens is 2. The van der Waals surface area contributed by atoms with Gasteiger partial charge in [0.1, 0.15) is 5.82 Å². The van der Waals surface area contributed by atoms with Crippen LogP contribution in [0.1, 0.15) is 24.8 Å². The fourth-order valence-corrected chi connectivity index (χ4v) is 4.56. The average Bonchev–Trinajstić information content (AvgIpc) is 3.03. The van der Waals surface area contributed by atoms with Gasteiger partial charge in [0.15, 0.2) is 11.5 Å². The number of nitrogens with zero attached hydrogens (tertiary/aromatic N) is 3. The monoisotopic (exact) mass is 619 g/mol. The lowest BCUT2D eigenvalue weighted by molar-refractivity contribution is -0.192. The number of alkyl halides is 3. The molecule has 3 N–H and O–H groups in total. The molecule has 0 saturated carbocycles. The minimum atomic E-state index is -5.08. The molecular formula is C30H36F3N5O6. The van der Waals surface area contributed by atoms with Crippen molar-refractivity contribution in [1.29, 1.82) is 0 Å². The van der Waals surface area contributed by atoms with Gasteiger partial charge < -0.3 is 34.9 Å². The van der Waals surface area contributed by atoms with Crippen LogP contribution in [0.25, 0.3) is 0 Å². The summed E-state index contributed by atoms with van der Waals surface area (Å²) >= 11 is 0. The van der Waals surface area contributed by atoms with Crippen LogP contribution >= 0.6 is 0 Å². The number of piperidine rings is 1. The molecule has 1 aliphatic heterocycles. The van der Waals surface area contributed by atoms with Crippen LogP contribution in [-0.4, -0.2) is 74.1 Å². The van der Waals surface area contributed by atoms with Crippen LogP contribution in [0.5, 0.6) is 17.2 Å². The molecule has 44 heavy (non-hydrogen) atoms. The highest BCUT2D eigenvalue weighted by Crippen LogP contribution is 2.40. The van der Waals surface area contributed by atoms with Crippen LogP contribution in [0.4, 0.5) is 30.6 Å². The Balaban J connectivity index is 0.000000676. The second kappa shape index (κ2) is 16.2. The lowest BCUT2D eigenvalue weighted by Crippen LogP contribution is -2.43. The molecule has 1 aliphatic rings. The van der Waals surface area contributed by atoms with E-state index in [4.69, 9.17) is 29.1 Å². The van der Waals surface area contributed by atoms with Gasteiger partial charge in [-0.05, 0) is 37.3 Å². The molecule has 0 unspecified atom stereocenters. The van der Waals surface area contributed by atoms with Gasteiger partial charge in [0.2, 0.25) is 17.6 Å². The van der Waals surface area contributed by atoms with Crippen molar-refractivity contribution in [1.82, 2.24) is 15.3 Å². The first-order valence-corrected chi connectivity index (χ1v) is 13.8. The molecule has 1 fully saturated rings. The van der Waals surface area contributed by atoms with E-state index in [9.17, 15) is 18.0 Å². The molecule has 2 aromatic carbocycles. The summed E-state index contributed by atoms with van der Waals surface area (Å²) in [7, 11) is 4.71. The average molecular weight is 620 g/mol. The maximum Gasteiger partial charge on any atom is 0.490 e. The molecular weight excluding hydrogens is 583 g/mol. The third-order valence-corrected chi connectivity index (χ3v) is 6.70. The van der Waals surface area contributed by atoms with Gasteiger partial charge in [-0.15, -0.1) is 0 Å². The number of carbonyl (C=O) groups excluding carboxylic acids is 1. The topological polar surface area (TPSA) is 135 Å². The van der Waals surface area contributed by atoms with Crippen LogP contribution in [-0.2, 0) is 16.0 Å². The summed E-state index contributed by atoms with van der Waals surface area (Å²) in [6.45, 7) is 2.16. The number of benzene rings is 2. The second-order valence-corrected chi connectivity index (χ2v) is 9.75. The van der Waals surface area contributed by atoms with Gasteiger partial charge in [-0.2, -0.15) is 18.2 Å². The van der Waals surface area contributed by atoms with E-state index in [0.717, 1.165) is 38.0 Å². The van der Waals surface area contributed by atoms with Gasteiger partial charge in [0.05, 0.1) is 27.2 Å². The van der Waals surface area contributed by atoms with Crippen molar-refractivity contribution >= 4 is 29.3 Å². The van der Waals surface area contributed by atoms with Crippen LogP contribution in [0, 0.1) is 5.92 Å². The molecule has 0 radical (unpaired) electrons. The molecule has 2 heterocycles. The molecule has 0 bridgehead atoms.